The van der Waals surface area contributed by atoms with Crippen LogP contribution in [0, 0.1) is 0 Å². The third-order valence-electron chi connectivity index (χ3n) is 3.48. The van der Waals surface area contributed by atoms with E-state index in [0.717, 1.165) is 38.3 Å². The molecule has 0 aromatic carbocycles. The smallest absolute Gasteiger partial charge is 0.191 e. The van der Waals surface area contributed by atoms with Gasteiger partial charge in [0.15, 0.2) is 5.96 Å². The lowest BCUT2D eigenvalue weighted by atomic mass is 9.80. The molecular formula is C14H30IN3O. The zero-order chi connectivity index (χ0) is 13.3. The largest absolute Gasteiger partial charge is 0.388 e. The quantitative estimate of drug-likeness (QED) is 0.261. The SMILES string of the molecule is CCCCCCNC(=NCC1(O)CCC1)NCC.I. The van der Waals surface area contributed by atoms with Gasteiger partial charge in [-0.15, -0.1) is 24.0 Å². The fourth-order valence-corrected chi connectivity index (χ4v) is 2.07. The Balaban J connectivity index is 0.00000324. The molecule has 1 fully saturated rings. The standard InChI is InChI=1S/C14H29N3O.HI/c1-3-5-6-7-11-16-13(15-4-2)17-12-14(18)9-8-10-14;/h18H,3-12H2,1-2H3,(H2,15,16,17);1H. The number of halogens is 1. The predicted octanol–water partition coefficient (Wildman–Crippen LogP) is 2.65. The van der Waals surface area contributed by atoms with Crippen molar-refractivity contribution >= 4 is 29.9 Å². The molecule has 1 rings (SSSR count). The number of unbranched alkanes of at least 4 members (excludes halogenated alkanes) is 3. The van der Waals surface area contributed by atoms with Crippen LogP contribution >= 0.6 is 24.0 Å². The minimum atomic E-state index is -0.523. The summed E-state index contributed by atoms with van der Waals surface area (Å²) >= 11 is 0. The maximum atomic E-state index is 10.0. The van der Waals surface area contributed by atoms with Crippen LogP contribution in [-0.4, -0.2) is 36.3 Å². The molecule has 0 amide bonds. The molecule has 1 aliphatic carbocycles. The van der Waals surface area contributed by atoms with E-state index in [1.807, 2.05) is 0 Å². The topological polar surface area (TPSA) is 56.7 Å². The summed E-state index contributed by atoms with van der Waals surface area (Å²) in [7, 11) is 0. The van der Waals surface area contributed by atoms with Crippen LogP contribution in [-0.2, 0) is 0 Å². The lowest BCUT2D eigenvalue weighted by Gasteiger charge is -2.35. The number of aliphatic imine (C=N–C) groups is 1. The normalized spacial score (nSPS) is 17.3. The number of nitrogens with one attached hydrogen (secondary N) is 2. The first-order chi connectivity index (χ1) is 8.70. The van der Waals surface area contributed by atoms with Gasteiger partial charge in [0.2, 0.25) is 0 Å². The zero-order valence-corrected chi connectivity index (χ0v) is 14.7. The van der Waals surface area contributed by atoms with Crippen molar-refractivity contribution in [2.45, 2.75) is 64.4 Å². The summed E-state index contributed by atoms with van der Waals surface area (Å²) in [6.07, 6.45) is 7.94. The van der Waals surface area contributed by atoms with Gasteiger partial charge in [0.1, 0.15) is 0 Å². The van der Waals surface area contributed by atoms with Gasteiger partial charge in [-0.3, -0.25) is 4.99 Å². The molecule has 0 spiro atoms. The van der Waals surface area contributed by atoms with Crippen molar-refractivity contribution in [3.8, 4) is 0 Å². The second-order valence-electron chi connectivity index (χ2n) is 5.26. The van der Waals surface area contributed by atoms with E-state index in [9.17, 15) is 5.11 Å². The highest BCUT2D eigenvalue weighted by Crippen LogP contribution is 2.31. The predicted molar refractivity (Wildman–Crippen MR) is 92.3 cm³/mol. The summed E-state index contributed by atoms with van der Waals surface area (Å²) in [5, 5.41) is 16.6. The van der Waals surface area contributed by atoms with Crippen LogP contribution in [0.25, 0.3) is 0 Å². The molecule has 0 atom stereocenters. The maximum Gasteiger partial charge on any atom is 0.191 e. The van der Waals surface area contributed by atoms with Gasteiger partial charge in [-0.05, 0) is 32.6 Å². The van der Waals surface area contributed by atoms with E-state index in [2.05, 4.69) is 29.5 Å². The van der Waals surface area contributed by atoms with Crippen molar-refractivity contribution in [2.75, 3.05) is 19.6 Å². The highest BCUT2D eigenvalue weighted by molar-refractivity contribution is 14.0. The van der Waals surface area contributed by atoms with E-state index in [4.69, 9.17) is 0 Å². The molecule has 1 saturated carbocycles. The van der Waals surface area contributed by atoms with Gasteiger partial charge in [0.25, 0.3) is 0 Å². The number of aliphatic hydroxyl groups is 1. The Morgan fingerprint density at radius 3 is 2.42 bits per heavy atom. The number of rotatable bonds is 8. The Hall–Kier alpha value is -0.0400. The average molecular weight is 383 g/mol. The van der Waals surface area contributed by atoms with Crippen molar-refractivity contribution in [1.29, 1.82) is 0 Å². The molecule has 0 heterocycles. The van der Waals surface area contributed by atoms with E-state index in [0.29, 0.717) is 6.54 Å². The molecule has 0 aliphatic heterocycles. The molecule has 3 N–H and O–H groups in total. The van der Waals surface area contributed by atoms with Crippen molar-refractivity contribution in [3.63, 3.8) is 0 Å². The van der Waals surface area contributed by atoms with Crippen LogP contribution in [0.15, 0.2) is 4.99 Å². The van der Waals surface area contributed by atoms with Crippen LogP contribution in [0.4, 0.5) is 0 Å². The van der Waals surface area contributed by atoms with E-state index in [-0.39, 0.29) is 24.0 Å². The molecule has 0 radical (unpaired) electrons. The first-order valence-corrected chi connectivity index (χ1v) is 7.45. The molecule has 4 nitrogen and oxygen atoms in total. The van der Waals surface area contributed by atoms with Crippen LogP contribution in [0.3, 0.4) is 0 Å². The van der Waals surface area contributed by atoms with Crippen LogP contribution in [0.1, 0.15) is 58.8 Å². The molecule has 0 aromatic heterocycles. The van der Waals surface area contributed by atoms with E-state index in [1.54, 1.807) is 0 Å². The molecular weight excluding hydrogens is 353 g/mol. The van der Waals surface area contributed by atoms with E-state index >= 15 is 0 Å². The highest BCUT2D eigenvalue weighted by Gasteiger charge is 2.34. The number of hydrogen-bond acceptors (Lipinski definition) is 2. The average Bonchev–Trinajstić information content (AvgIpc) is 2.33. The Morgan fingerprint density at radius 2 is 1.89 bits per heavy atom. The number of hydrogen-bond donors (Lipinski definition) is 3. The van der Waals surface area contributed by atoms with Crippen molar-refractivity contribution < 1.29 is 5.11 Å². The summed E-state index contributed by atoms with van der Waals surface area (Å²) in [4.78, 5) is 4.47. The van der Waals surface area contributed by atoms with Crippen LogP contribution in [0.5, 0.6) is 0 Å². The van der Waals surface area contributed by atoms with Gasteiger partial charge in [-0.1, -0.05) is 26.2 Å². The molecule has 0 aromatic rings. The fraction of sp³-hybridized carbons (Fsp3) is 0.929. The Morgan fingerprint density at radius 1 is 1.16 bits per heavy atom. The summed E-state index contributed by atoms with van der Waals surface area (Å²) < 4.78 is 0. The molecule has 0 bridgehead atoms. The fourth-order valence-electron chi connectivity index (χ4n) is 2.07. The molecule has 0 unspecified atom stereocenters. The molecule has 0 saturated heterocycles. The third kappa shape index (κ3) is 7.97. The van der Waals surface area contributed by atoms with Gasteiger partial charge in [-0.25, -0.2) is 0 Å². The number of nitrogens with zero attached hydrogens (tertiary/aromatic N) is 1. The lowest BCUT2D eigenvalue weighted by molar-refractivity contribution is -0.0236. The van der Waals surface area contributed by atoms with Gasteiger partial charge in [0, 0.05) is 13.1 Å². The Kier molecular flexibility index (Phi) is 10.7. The van der Waals surface area contributed by atoms with Gasteiger partial charge >= 0.3 is 0 Å². The Bertz CT molecular complexity index is 255. The van der Waals surface area contributed by atoms with Crippen LogP contribution < -0.4 is 10.6 Å². The second-order valence-corrected chi connectivity index (χ2v) is 5.26. The van der Waals surface area contributed by atoms with Crippen molar-refractivity contribution in [3.05, 3.63) is 0 Å². The van der Waals surface area contributed by atoms with Crippen molar-refractivity contribution in [2.24, 2.45) is 4.99 Å². The van der Waals surface area contributed by atoms with Crippen molar-refractivity contribution in [1.82, 2.24) is 10.6 Å². The number of guanidine groups is 1. The lowest BCUT2D eigenvalue weighted by Crippen LogP contribution is -2.43. The highest BCUT2D eigenvalue weighted by atomic mass is 127. The molecule has 1 aliphatic rings. The molecule has 5 heteroatoms. The first kappa shape index (κ1) is 19.0. The zero-order valence-electron chi connectivity index (χ0n) is 12.4. The minimum Gasteiger partial charge on any atom is -0.388 e. The maximum absolute atomic E-state index is 10.0. The van der Waals surface area contributed by atoms with E-state index in [1.165, 1.54) is 25.7 Å². The summed E-state index contributed by atoms with van der Waals surface area (Å²) in [6.45, 7) is 6.63. The monoisotopic (exact) mass is 383 g/mol. The molecule has 19 heavy (non-hydrogen) atoms. The van der Waals surface area contributed by atoms with E-state index < -0.39 is 5.60 Å². The minimum absolute atomic E-state index is 0. The Labute approximate surface area is 134 Å². The first-order valence-electron chi connectivity index (χ1n) is 7.45. The third-order valence-corrected chi connectivity index (χ3v) is 3.48. The van der Waals surface area contributed by atoms with Gasteiger partial charge < -0.3 is 15.7 Å². The second kappa shape index (κ2) is 10.7. The summed E-state index contributed by atoms with van der Waals surface area (Å²) in [5.74, 6) is 0.842. The van der Waals surface area contributed by atoms with Gasteiger partial charge in [-0.2, -0.15) is 0 Å². The summed E-state index contributed by atoms with van der Waals surface area (Å²) in [6, 6.07) is 0. The summed E-state index contributed by atoms with van der Waals surface area (Å²) in [5.41, 5.74) is -0.523. The van der Waals surface area contributed by atoms with Gasteiger partial charge in [0.05, 0.1) is 12.1 Å². The van der Waals surface area contributed by atoms with Crippen LogP contribution in [0.2, 0.25) is 0 Å². The molecule has 114 valence electrons.